The van der Waals surface area contributed by atoms with E-state index < -0.39 is 36.0 Å². The fourth-order valence-electron chi connectivity index (χ4n) is 1.26. The molecular formula is C12H20N2O6. The molecule has 0 aliphatic rings. The molecule has 0 aromatic heterocycles. The van der Waals surface area contributed by atoms with Gasteiger partial charge in [0.15, 0.2) is 0 Å². The molecule has 0 spiro atoms. The van der Waals surface area contributed by atoms with Crippen LogP contribution in [0.5, 0.6) is 0 Å². The molecule has 0 saturated heterocycles. The molecule has 0 rings (SSSR count). The van der Waals surface area contributed by atoms with Crippen LogP contribution in [0, 0.1) is 0 Å². The highest BCUT2D eigenvalue weighted by molar-refractivity contribution is 5.83. The molecule has 0 aliphatic heterocycles. The van der Waals surface area contributed by atoms with E-state index in [-0.39, 0.29) is 12.8 Å². The van der Waals surface area contributed by atoms with Gasteiger partial charge in [-0.2, -0.15) is 0 Å². The van der Waals surface area contributed by atoms with Gasteiger partial charge in [0.05, 0.1) is 0 Å². The number of ether oxygens (including phenoxy) is 1. The molecule has 3 N–H and O–H groups in total. The van der Waals surface area contributed by atoms with Gasteiger partial charge in [0.25, 0.3) is 0 Å². The molecule has 0 aliphatic carbocycles. The summed E-state index contributed by atoms with van der Waals surface area (Å²) in [7, 11) is 0. The van der Waals surface area contributed by atoms with Gasteiger partial charge < -0.3 is 20.5 Å². The standard InChI is InChI=1S/C12H20N2O6/c1-12(2,3)20-11(19)8(14-7-15)4-5-9(16)13-6-10(17)18/h7-8H,4-6H2,1-3H3,(H,13,16)(H,14,15)(H,17,18). The molecule has 0 bridgehead atoms. The molecule has 8 heteroatoms. The van der Waals surface area contributed by atoms with Crippen LogP contribution in [-0.4, -0.2) is 47.6 Å². The lowest BCUT2D eigenvalue weighted by Gasteiger charge is -2.23. The predicted octanol–water partition coefficient (Wildman–Crippen LogP) is -0.576. The Morgan fingerprint density at radius 2 is 1.90 bits per heavy atom. The maximum atomic E-state index is 11.8. The van der Waals surface area contributed by atoms with Crippen LogP contribution in [0.25, 0.3) is 0 Å². The first-order valence-electron chi connectivity index (χ1n) is 6.06. The Bertz CT molecular complexity index is 375. The maximum Gasteiger partial charge on any atom is 0.329 e. The Morgan fingerprint density at radius 1 is 1.30 bits per heavy atom. The lowest BCUT2D eigenvalue weighted by atomic mass is 10.1. The highest BCUT2D eigenvalue weighted by Gasteiger charge is 2.25. The second-order valence-electron chi connectivity index (χ2n) is 5.08. The summed E-state index contributed by atoms with van der Waals surface area (Å²) in [5.74, 6) is -2.32. The number of carbonyl (C=O) groups excluding carboxylic acids is 3. The SMILES string of the molecule is CC(C)(C)OC(=O)C(CCC(=O)NCC(=O)O)NC=O. The van der Waals surface area contributed by atoms with Crippen molar-refractivity contribution in [3.8, 4) is 0 Å². The van der Waals surface area contributed by atoms with Gasteiger partial charge in [-0.3, -0.25) is 14.4 Å². The van der Waals surface area contributed by atoms with E-state index >= 15 is 0 Å². The molecule has 0 aromatic rings. The predicted molar refractivity (Wildman–Crippen MR) is 68.7 cm³/mol. The van der Waals surface area contributed by atoms with Crippen LogP contribution in [0.3, 0.4) is 0 Å². The third-order valence-electron chi connectivity index (χ3n) is 2.06. The van der Waals surface area contributed by atoms with E-state index in [4.69, 9.17) is 9.84 Å². The molecule has 0 fully saturated rings. The van der Waals surface area contributed by atoms with Crippen LogP contribution >= 0.6 is 0 Å². The highest BCUT2D eigenvalue weighted by atomic mass is 16.6. The topological polar surface area (TPSA) is 122 Å². The number of aliphatic carboxylic acids is 1. The Labute approximate surface area is 116 Å². The Hall–Kier alpha value is -2.12. The number of amides is 2. The monoisotopic (exact) mass is 288 g/mol. The molecule has 0 heterocycles. The quantitative estimate of drug-likeness (QED) is 0.406. The Balaban J connectivity index is 4.33. The van der Waals surface area contributed by atoms with Crippen molar-refractivity contribution >= 4 is 24.3 Å². The van der Waals surface area contributed by atoms with E-state index in [1.807, 2.05) is 0 Å². The van der Waals surface area contributed by atoms with Crippen molar-refractivity contribution in [3.63, 3.8) is 0 Å². The largest absolute Gasteiger partial charge is 0.480 e. The molecule has 0 saturated carbocycles. The first-order valence-corrected chi connectivity index (χ1v) is 6.06. The zero-order valence-corrected chi connectivity index (χ0v) is 11.8. The lowest BCUT2D eigenvalue weighted by Crippen LogP contribution is -2.41. The molecule has 0 aromatic carbocycles. The van der Waals surface area contributed by atoms with Gasteiger partial charge in [0.1, 0.15) is 18.2 Å². The smallest absolute Gasteiger partial charge is 0.329 e. The minimum Gasteiger partial charge on any atom is -0.480 e. The summed E-state index contributed by atoms with van der Waals surface area (Å²) in [4.78, 5) is 43.8. The molecule has 1 atom stereocenters. The zero-order chi connectivity index (χ0) is 15.8. The number of carboxylic acid groups (broad SMARTS) is 1. The van der Waals surface area contributed by atoms with Gasteiger partial charge in [0.2, 0.25) is 12.3 Å². The number of carbonyl (C=O) groups is 4. The number of hydrogen-bond acceptors (Lipinski definition) is 5. The van der Waals surface area contributed by atoms with Crippen molar-refractivity contribution in [3.05, 3.63) is 0 Å². The molecule has 1 unspecified atom stereocenters. The number of hydrogen-bond donors (Lipinski definition) is 3. The van der Waals surface area contributed by atoms with E-state index in [2.05, 4.69) is 10.6 Å². The average Bonchev–Trinajstić information content (AvgIpc) is 2.29. The molecule has 8 nitrogen and oxygen atoms in total. The first-order chi connectivity index (χ1) is 9.15. The van der Waals surface area contributed by atoms with Crippen molar-refractivity contribution < 1.29 is 29.0 Å². The van der Waals surface area contributed by atoms with Gasteiger partial charge in [0, 0.05) is 6.42 Å². The van der Waals surface area contributed by atoms with E-state index in [0.717, 1.165) is 0 Å². The van der Waals surface area contributed by atoms with Crippen LogP contribution in [0.4, 0.5) is 0 Å². The Kier molecular flexibility index (Phi) is 7.27. The summed E-state index contributed by atoms with van der Waals surface area (Å²) in [5.41, 5.74) is -0.703. The molecule has 114 valence electrons. The van der Waals surface area contributed by atoms with Gasteiger partial charge in [-0.25, -0.2) is 4.79 Å². The fraction of sp³-hybridized carbons (Fsp3) is 0.667. The van der Waals surface area contributed by atoms with Crippen LogP contribution in [0.1, 0.15) is 33.6 Å². The van der Waals surface area contributed by atoms with Crippen LogP contribution < -0.4 is 10.6 Å². The number of rotatable bonds is 8. The molecule has 2 amide bonds. The van der Waals surface area contributed by atoms with Crippen molar-refractivity contribution in [2.24, 2.45) is 0 Å². The van der Waals surface area contributed by atoms with Crippen LogP contribution in [-0.2, 0) is 23.9 Å². The summed E-state index contributed by atoms with van der Waals surface area (Å²) in [6.07, 6.45) is 0.279. The zero-order valence-electron chi connectivity index (χ0n) is 11.8. The highest BCUT2D eigenvalue weighted by Crippen LogP contribution is 2.10. The summed E-state index contributed by atoms with van der Waals surface area (Å²) in [6, 6.07) is -0.942. The van der Waals surface area contributed by atoms with Gasteiger partial charge in [-0.05, 0) is 27.2 Å². The van der Waals surface area contributed by atoms with Crippen molar-refractivity contribution in [2.75, 3.05) is 6.54 Å². The first kappa shape index (κ1) is 17.9. The summed E-state index contributed by atoms with van der Waals surface area (Å²) < 4.78 is 5.10. The van der Waals surface area contributed by atoms with Crippen LogP contribution in [0.2, 0.25) is 0 Å². The normalized spacial score (nSPS) is 12.2. The average molecular weight is 288 g/mol. The van der Waals surface area contributed by atoms with Gasteiger partial charge in [-0.15, -0.1) is 0 Å². The van der Waals surface area contributed by atoms with Crippen LogP contribution in [0.15, 0.2) is 0 Å². The second-order valence-corrected chi connectivity index (χ2v) is 5.08. The van der Waals surface area contributed by atoms with Crippen molar-refractivity contribution in [1.29, 1.82) is 0 Å². The minimum atomic E-state index is -1.16. The number of carboxylic acids is 1. The number of nitrogens with one attached hydrogen (secondary N) is 2. The van der Waals surface area contributed by atoms with Gasteiger partial charge >= 0.3 is 11.9 Å². The third-order valence-corrected chi connectivity index (χ3v) is 2.06. The van der Waals surface area contributed by atoms with Gasteiger partial charge in [-0.1, -0.05) is 0 Å². The van der Waals surface area contributed by atoms with E-state index in [1.165, 1.54) is 0 Å². The second kappa shape index (κ2) is 8.13. The molecule has 0 radical (unpaired) electrons. The third kappa shape index (κ3) is 8.90. The van der Waals surface area contributed by atoms with E-state index in [9.17, 15) is 19.2 Å². The summed E-state index contributed by atoms with van der Waals surface area (Å²) >= 11 is 0. The molecular weight excluding hydrogens is 268 g/mol. The Morgan fingerprint density at radius 3 is 2.35 bits per heavy atom. The summed E-state index contributed by atoms with van der Waals surface area (Å²) in [6.45, 7) is 4.56. The minimum absolute atomic E-state index is 0.0269. The maximum absolute atomic E-state index is 11.8. The van der Waals surface area contributed by atoms with E-state index in [1.54, 1.807) is 20.8 Å². The number of esters is 1. The molecule has 20 heavy (non-hydrogen) atoms. The van der Waals surface area contributed by atoms with Crippen molar-refractivity contribution in [1.82, 2.24) is 10.6 Å². The lowest BCUT2D eigenvalue weighted by molar-refractivity contribution is -0.158. The summed E-state index contributed by atoms with van der Waals surface area (Å²) in [5, 5.41) is 12.8. The fourth-order valence-corrected chi connectivity index (χ4v) is 1.26. The van der Waals surface area contributed by atoms with E-state index in [0.29, 0.717) is 6.41 Å². The van der Waals surface area contributed by atoms with Crippen molar-refractivity contribution in [2.45, 2.75) is 45.3 Å².